The Morgan fingerprint density at radius 3 is 2.27 bits per heavy atom. The molecule has 8 heteroatoms. The van der Waals surface area contributed by atoms with Gasteiger partial charge in [-0.15, -0.1) is 0 Å². The van der Waals surface area contributed by atoms with E-state index in [1.54, 1.807) is 45.0 Å². The number of hydrogen-bond donors (Lipinski definition) is 3. The molecule has 1 rings (SSSR count). The zero-order chi connectivity index (χ0) is 25.0. The van der Waals surface area contributed by atoms with Gasteiger partial charge in [0.2, 0.25) is 11.8 Å². The quantitative estimate of drug-likeness (QED) is 0.412. The van der Waals surface area contributed by atoms with E-state index in [0.29, 0.717) is 18.5 Å². The number of aliphatic hydroxyl groups is 1. The van der Waals surface area contributed by atoms with Crippen molar-refractivity contribution in [2.24, 2.45) is 5.92 Å². The van der Waals surface area contributed by atoms with Gasteiger partial charge >= 0.3 is 6.09 Å². The van der Waals surface area contributed by atoms with Crippen molar-refractivity contribution in [2.75, 3.05) is 19.7 Å². The van der Waals surface area contributed by atoms with Crippen LogP contribution in [0.4, 0.5) is 4.79 Å². The normalized spacial score (nSPS) is 13.2. The zero-order valence-electron chi connectivity index (χ0n) is 20.9. The second-order valence-electron chi connectivity index (χ2n) is 9.54. The molecular formula is C25H41N3O5. The van der Waals surface area contributed by atoms with Crippen LogP contribution in [-0.4, -0.2) is 59.3 Å². The van der Waals surface area contributed by atoms with Crippen LogP contribution < -0.4 is 10.6 Å². The maximum atomic E-state index is 13.7. The molecule has 2 unspecified atom stereocenters. The van der Waals surface area contributed by atoms with Gasteiger partial charge in [-0.25, -0.2) is 4.79 Å². The van der Waals surface area contributed by atoms with Crippen LogP contribution in [0.5, 0.6) is 0 Å². The van der Waals surface area contributed by atoms with Crippen molar-refractivity contribution in [1.82, 2.24) is 15.5 Å². The second kappa shape index (κ2) is 13.8. The molecule has 0 bridgehead atoms. The molecule has 33 heavy (non-hydrogen) atoms. The minimum atomic E-state index is -0.933. The van der Waals surface area contributed by atoms with Crippen molar-refractivity contribution in [3.8, 4) is 0 Å². The lowest BCUT2D eigenvalue weighted by Crippen LogP contribution is -2.54. The smallest absolute Gasteiger partial charge is 0.408 e. The van der Waals surface area contributed by atoms with Gasteiger partial charge in [-0.05, 0) is 45.1 Å². The topological polar surface area (TPSA) is 108 Å². The molecule has 2 atom stereocenters. The Balaban J connectivity index is 3.29. The van der Waals surface area contributed by atoms with E-state index in [2.05, 4.69) is 10.6 Å². The molecule has 0 aromatic heterocycles. The SMILES string of the molecule is CCCCNC(=O)C(c1ccccc1)N(CCO)C(=O)C(CC(C)C)NC(=O)OC(C)(C)C. The summed E-state index contributed by atoms with van der Waals surface area (Å²) in [5.74, 6) is -0.668. The summed E-state index contributed by atoms with van der Waals surface area (Å²) in [4.78, 5) is 40.7. The molecule has 186 valence electrons. The van der Waals surface area contributed by atoms with Crippen LogP contribution in [0.25, 0.3) is 0 Å². The van der Waals surface area contributed by atoms with E-state index >= 15 is 0 Å². The molecule has 0 aliphatic heterocycles. The predicted molar refractivity (Wildman–Crippen MR) is 129 cm³/mol. The highest BCUT2D eigenvalue weighted by molar-refractivity contribution is 5.92. The van der Waals surface area contributed by atoms with E-state index in [1.165, 1.54) is 4.90 Å². The van der Waals surface area contributed by atoms with Crippen LogP contribution in [0.15, 0.2) is 30.3 Å². The number of alkyl carbamates (subject to hydrolysis) is 1. The number of nitrogens with zero attached hydrogens (tertiary/aromatic N) is 1. The molecule has 8 nitrogen and oxygen atoms in total. The van der Waals surface area contributed by atoms with Gasteiger partial charge in [0.1, 0.15) is 17.7 Å². The van der Waals surface area contributed by atoms with Crippen molar-refractivity contribution in [1.29, 1.82) is 0 Å². The minimum absolute atomic E-state index is 0.0514. The lowest BCUT2D eigenvalue weighted by Gasteiger charge is -2.34. The van der Waals surface area contributed by atoms with E-state index in [1.807, 2.05) is 26.8 Å². The van der Waals surface area contributed by atoms with Gasteiger partial charge in [0.15, 0.2) is 0 Å². The number of aliphatic hydroxyl groups excluding tert-OH is 1. The average Bonchev–Trinajstić information content (AvgIpc) is 2.71. The fourth-order valence-electron chi connectivity index (χ4n) is 3.41. The third-order valence-electron chi connectivity index (χ3n) is 4.83. The number of rotatable bonds is 12. The van der Waals surface area contributed by atoms with E-state index in [-0.39, 0.29) is 25.0 Å². The Kier molecular flexibility index (Phi) is 11.9. The molecule has 3 N–H and O–H groups in total. The third kappa shape index (κ3) is 10.2. The minimum Gasteiger partial charge on any atom is -0.444 e. The molecule has 0 heterocycles. The number of carbonyl (C=O) groups excluding carboxylic acids is 3. The lowest BCUT2D eigenvalue weighted by atomic mass is 9.99. The van der Waals surface area contributed by atoms with Crippen molar-refractivity contribution >= 4 is 17.9 Å². The number of amides is 3. The second-order valence-corrected chi connectivity index (χ2v) is 9.54. The van der Waals surface area contributed by atoms with Crippen LogP contribution in [0.1, 0.15) is 72.4 Å². The summed E-state index contributed by atoms with van der Waals surface area (Å²) < 4.78 is 5.35. The lowest BCUT2D eigenvalue weighted by molar-refractivity contribution is -0.143. The standard InChI is InChI=1S/C25H41N3O5/c1-7-8-14-26-22(30)21(19-12-10-9-11-13-19)28(15-16-29)23(31)20(17-18(2)3)27-24(32)33-25(4,5)6/h9-13,18,20-21,29H,7-8,14-17H2,1-6H3,(H,26,30)(H,27,32). The van der Waals surface area contributed by atoms with Gasteiger partial charge in [0.25, 0.3) is 0 Å². The highest BCUT2D eigenvalue weighted by atomic mass is 16.6. The Bertz CT molecular complexity index is 746. The first-order valence-electron chi connectivity index (χ1n) is 11.7. The van der Waals surface area contributed by atoms with Crippen molar-refractivity contribution < 1.29 is 24.2 Å². The van der Waals surface area contributed by atoms with Crippen LogP contribution in [0.2, 0.25) is 0 Å². The van der Waals surface area contributed by atoms with Crippen molar-refractivity contribution in [3.05, 3.63) is 35.9 Å². The van der Waals surface area contributed by atoms with E-state index in [4.69, 9.17) is 4.74 Å². The predicted octanol–water partition coefficient (Wildman–Crippen LogP) is 3.40. The molecule has 0 fully saturated rings. The molecule has 0 radical (unpaired) electrons. The van der Waals surface area contributed by atoms with Crippen LogP contribution >= 0.6 is 0 Å². The Morgan fingerprint density at radius 2 is 1.76 bits per heavy atom. The van der Waals surface area contributed by atoms with Crippen LogP contribution in [0.3, 0.4) is 0 Å². The number of hydrogen-bond acceptors (Lipinski definition) is 5. The van der Waals surface area contributed by atoms with Crippen LogP contribution in [-0.2, 0) is 14.3 Å². The molecule has 0 saturated heterocycles. The maximum Gasteiger partial charge on any atom is 0.408 e. The first-order chi connectivity index (χ1) is 15.5. The summed E-state index contributed by atoms with van der Waals surface area (Å²) >= 11 is 0. The number of ether oxygens (including phenoxy) is 1. The number of carbonyl (C=O) groups is 3. The Hall–Kier alpha value is -2.61. The number of unbranched alkanes of at least 4 members (excludes halogenated alkanes) is 1. The highest BCUT2D eigenvalue weighted by Crippen LogP contribution is 2.23. The van der Waals surface area contributed by atoms with Gasteiger partial charge in [-0.3, -0.25) is 9.59 Å². The Morgan fingerprint density at radius 1 is 1.12 bits per heavy atom. The molecule has 0 saturated carbocycles. The van der Waals surface area contributed by atoms with Gasteiger partial charge in [-0.2, -0.15) is 0 Å². The highest BCUT2D eigenvalue weighted by Gasteiger charge is 2.36. The fourth-order valence-corrected chi connectivity index (χ4v) is 3.41. The van der Waals surface area contributed by atoms with E-state index in [0.717, 1.165) is 12.8 Å². The molecule has 0 spiro atoms. The molecule has 0 aliphatic carbocycles. The summed E-state index contributed by atoms with van der Waals surface area (Å²) in [7, 11) is 0. The van der Waals surface area contributed by atoms with Gasteiger partial charge < -0.3 is 25.4 Å². The van der Waals surface area contributed by atoms with Crippen LogP contribution in [0, 0.1) is 5.92 Å². The number of benzene rings is 1. The third-order valence-corrected chi connectivity index (χ3v) is 4.83. The molecule has 1 aromatic carbocycles. The first-order valence-corrected chi connectivity index (χ1v) is 11.7. The zero-order valence-corrected chi connectivity index (χ0v) is 20.9. The van der Waals surface area contributed by atoms with Crippen molar-refractivity contribution in [3.63, 3.8) is 0 Å². The average molecular weight is 464 g/mol. The summed E-state index contributed by atoms with van der Waals surface area (Å²) in [6.07, 6.45) is 1.40. The monoisotopic (exact) mass is 463 g/mol. The van der Waals surface area contributed by atoms with E-state index in [9.17, 15) is 19.5 Å². The number of nitrogens with one attached hydrogen (secondary N) is 2. The van der Waals surface area contributed by atoms with Gasteiger partial charge in [0, 0.05) is 13.1 Å². The Labute approximate surface area is 198 Å². The summed E-state index contributed by atoms with van der Waals surface area (Å²) in [6.45, 7) is 11.3. The van der Waals surface area contributed by atoms with Gasteiger partial charge in [-0.1, -0.05) is 57.5 Å². The molecule has 1 aromatic rings. The maximum absolute atomic E-state index is 13.7. The molecular weight excluding hydrogens is 422 g/mol. The van der Waals surface area contributed by atoms with E-state index < -0.39 is 29.7 Å². The summed E-state index contributed by atoms with van der Waals surface area (Å²) in [6, 6.07) is 7.15. The summed E-state index contributed by atoms with van der Waals surface area (Å²) in [5, 5.41) is 15.3. The molecule has 0 aliphatic rings. The van der Waals surface area contributed by atoms with Gasteiger partial charge in [0.05, 0.1) is 6.61 Å². The summed E-state index contributed by atoms with van der Waals surface area (Å²) in [5.41, 5.74) is -0.0830. The first kappa shape index (κ1) is 28.4. The molecule has 3 amide bonds. The fraction of sp³-hybridized carbons (Fsp3) is 0.640. The van der Waals surface area contributed by atoms with Crippen molar-refractivity contribution in [2.45, 2.75) is 78.5 Å². The largest absolute Gasteiger partial charge is 0.444 e.